The highest BCUT2D eigenvalue weighted by molar-refractivity contribution is 5.54. The molecule has 194 valence electrons. The van der Waals surface area contributed by atoms with Crippen LogP contribution in [0.3, 0.4) is 0 Å². The van der Waals surface area contributed by atoms with E-state index in [1.807, 2.05) is 0 Å². The second kappa shape index (κ2) is 10.00. The molecule has 0 spiro atoms. The number of benzene rings is 1. The molecule has 4 aliphatic carbocycles. The van der Waals surface area contributed by atoms with E-state index < -0.39 is 0 Å². The highest BCUT2D eigenvalue weighted by atomic mass is 16.3. The number of hydrogen-bond acceptors (Lipinski definition) is 1. The fourth-order valence-corrected chi connectivity index (χ4v) is 10.1. The minimum Gasteiger partial charge on any atom is -0.389 e. The van der Waals surface area contributed by atoms with Gasteiger partial charge < -0.3 is 5.11 Å². The first-order chi connectivity index (χ1) is 16.7. The van der Waals surface area contributed by atoms with Crippen molar-refractivity contribution in [1.82, 2.24) is 0 Å². The molecule has 1 heteroatoms. The molecule has 1 N–H and O–H groups in total. The number of fused-ring (bicyclic) bond motifs is 5. The molecule has 1 nitrogen and oxygen atoms in total. The van der Waals surface area contributed by atoms with Crippen molar-refractivity contribution in [1.29, 1.82) is 0 Å². The van der Waals surface area contributed by atoms with E-state index >= 15 is 0 Å². The van der Waals surface area contributed by atoms with E-state index in [2.05, 4.69) is 71.0 Å². The summed E-state index contributed by atoms with van der Waals surface area (Å²) in [6.45, 7) is 12.7. The van der Waals surface area contributed by atoms with Gasteiger partial charge in [-0.1, -0.05) is 90.3 Å². The first-order valence-corrected chi connectivity index (χ1v) is 15.2. The lowest BCUT2D eigenvalue weighted by Crippen LogP contribution is -2.54. The normalized spacial score (nSPS) is 43.0. The van der Waals surface area contributed by atoms with Gasteiger partial charge in [-0.25, -0.2) is 0 Å². The summed E-state index contributed by atoms with van der Waals surface area (Å²) in [6, 6.07) is 10.7. The van der Waals surface area contributed by atoms with Gasteiger partial charge >= 0.3 is 0 Å². The summed E-state index contributed by atoms with van der Waals surface area (Å²) in [5.74, 6) is 6.06. The van der Waals surface area contributed by atoms with Gasteiger partial charge in [0.15, 0.2) is 0 Å². The zero-order chi connectivity index (χ0) is 24.8. The maximum atomic E-state index is 11.1. The second-order valence-electron chi connectivity index (χ2n) is 14.2. The first kappa shape index (κ1) is 25.6. The Kier molecular flexibility index (Phi) is 7.30. The SMILES string of the molecule is CC(C)CCC[C@@H](C)[C@@H]1CC[C@@H]2[C@@H]3CC[C@H]4C[C@H](O)/C(=C\c5ccccc5)C[C@]4(C)[C@@H]3CC[C@]21C. The van der Waals surface area contributed by atoms with Crippen LogP contribution in [0.5, 0.6) is 0 Å². The molecule has 35 heavy (non-hydrogen) atoms. The molecule has 0 heterocycles. The van der Waals surface area contributed by atoms with Gasteiger partial charge in [0.2, 0.25) is 0 Å². The molecule has 5 rings (SSSR count). The Morgan fingerprint density at radius 2 is 1.66 bits per heavy atom. The van der Waals surface area contributed by atoms with E-state index in [1.54, 1.807) is 0 Å². The van der Waals surface area contributed by atoms with Crippen molar-refractivity contribution >= 4 is 6.08 Å². The third kappa shape index (κ3) is 4.69. The molecule has 0 amide bonds. The maximum absolute atomic E-state index is 11.1. The van der Waals surface area contributed by atoms with Crippen LogP contribution in [0.1, 0.15) is 111 Å². The van der Waals surface area contributed by atoms with Gasteiger partial charge in [-0.15, -0.1) is 0 Å². The van der Waals surface area contributed by atoms with Gasteiger partial charge in [0, 0.05) is 0 Å². The average molecular weight is 477 g/mol. The Morgan fingerprint density at radius 3 is 2.40 bits per heavy atom. The van der Waals surface area contributed by atoms with Crippen molar-refractivity contribution in [2.45, 2.75) is 111 Å². The van der Waals surface area contributed by atoms with Crippen LogP contribution in [0.15, 0.2) is 35.9 Å². The summed E-state index contributed by atoms with van der Waals surface area (Å²) < 4.78 is 0. The van der Waals surface area contributed by atoms with Crippen molar-refractivity contribution < 1.29 is 5.11 Å². The Bertz CT molecular complexity index is 885. The molecular weight excluding hydrogens is 424 g/mol. The summed E-state index contributed by atoms with van der Waals surface area (Å²) in [6.07, 6.45) is 17.0. The molecule has 4 fully saturated rings. The van der Waals surface area contributed by atoms with E-state index in [0.717, 1.165) is 48.3 Å². The summed E-state index contributed by atoms with van der Waals surface area (Å²) in [4.78, 5) is 0. The second-order valence-corrected chi connectivity index (χ2v) is 14.2. The lowest BCUT2D eigenvalue weighted by Gasteiger charge is -2.61. The van der Waals surface area contributed by atoms with Crippen LogP contribution in [0, 0.1) is 52.3 Å². The molecule has 0 saturated heterocycles. The minimum atomic E-state index is -0.249. The van der Waals surface area contributed by atoms with Crippen LogP contribution in [0.4, 0.5) is 0 Å². The average Bonchev–Trinajstić information content (AvgIpc) is 3.18. The van der Waals surface area contributed by atoms with Crippen LogP contribution < -0.4 is 0 Å². The Balaban J connectivity index is 1.33. The molecule has 4 aliphatic rings. The fourth-order valence-electron chi connectivity index (χ4n) is 10.1. The summed E-state index contributed by atoms with van der Waals surface area (Å²) >= 11 is 0. The third-order valence-electron chi connectivity index (χ3n) is 11.9. The van der Waals surface area contributed by atoms with Crippen LogP contribution in [0.2, 0.25) is 0 Å². The largest absolute Gasteiger partial charge is 0.389 e. The molecule has 9 atom stereocenters. The van der Waals surface area contributed by atoms with Crippen LogP contribution >= 0.6 is 0 Å². The maximum Gasteiger partial charge on any atom is 0.0756 e. The first-order valence-electron chi connectivity index (χ1n) is 15.2. The summed E-state index contributed by atoms with van der Waals surface area (Å²) in [5, 5.41) is 11.1. The van der Waals surface area contributed by atoms with Crippen molar-refractivity contribution in [3.05, 3.63) is 41.5 Å². The van der Waals surface area contributed by atoms with Crippen LogP contribution in [0.25, 0.3) is 6.08 Å². The predicted octanol–water partition coefficient (Wildman–Crippen LogP) is 9.16. The van der Waals surface area contributed by atoms with Gasteiger partial charge in [-0.05, 0) is 115 Å². The molecule has 0 aromatic heterocycles. The quantitative estimate of drug-likeness (QED) is 0.434. The molecule has 0 radical (unpaired) electrons. The lowest BCUT2D eigenvalue weighted by molar-refractivity contribution is -0.117. The molecular formula is C34H52O. The van der Waals surface area contributed by atoms with E-state index in [0.29, 0.717) is 16.7 Å². The highest BCUT2D eigenvalue weighted by Gasteiger charge is 2.60. The van der Waals surface area contributed by atoms with Crippen molar-refractivity contribution in [3.63, 3.8) is 0 Å². The lowest BCUT2D eigenvalue weighted by atomic mass is 9.44. The van der Waals surface area contributed by atoms with Crippen molar-refractivity contribution in [3.8, 4) is 0 Å². The zero-order valence-electron chi connectivity index (χ0n) is 23.3. The van der Waals surface area contributed by atoms with Crippen LogP contribution in [-0.4, -0.2) is 11.2 Å². The topological polar surface area (TPSA) is 20.2 Å². The minimum absolute atomic E-state index is 0.249. The van der Waals surface area contributed by atoms with Crippen LogP contribution in [-0.2, 0) is 0 Å². The standard InChI is InChI=1S/C34H52O/c1-23(2)10-9-11-24(3)29-16-17-30-28-15-14-27-21-32(35)26(20-25-12-7-6-8-13-25)22-34(27,5)31(28)18-19-33(29,30)4/h6-8,12-13,20,23-24,27-32,35H,9-11,14-19,21-22H2,1-5H3/b26-20-/t24-,27+,28+,29+,30-,31-,32+,33+,34+/m1/s1. The molecule has 0 bridgehead atoms. The molecule has 1 aromatic carbocycles. The Morgan fingerprint density at radius 1 is 0.914 bits per heavy atom. The molecule has 4 saturated carbocycles. The van der Waals surface area contributed by atoms with Gasteiger partial charge in [0.1, 0.15) is 0 Å². The van der Waals surface area contributed by atoms with Gasteiger partial charge in [0.05, 0.1) is 6.10 Å². The van der Waals surface area contributed by atoms with E-state index in [9.17, 15) is 5.11 Å². The predicted molar refractivity (Wildman–Crippen MR) is 149 cm³/mol. The molecule has 0 unspecified atom stereocenters. The summed E-state index contributed by atoms with van der Waals surface area (Å²) in [5.41, 5.74) is 3.48. The number of hydrogen-bond donors (Lipinski definition) is 1. The van der Waals surface area contributed by atoms with Gasteiger partial charge in [0.25, 0.3) is 0 Å². The number of aliphatic hydroxyl groups excluding tert-OH is 1. The number of aliphatic hydroxyl groups is 1. The van der Waals surface area contributed by atoms with Gasteiger partial charge in [-0.2, -0.15) is 0 Å². The number of rotatable bonds is 6. The monoisotopic (exact) mass is 476 g/mol. The van der Waals surface area contributed by atoms with E-state index in [1.165, 1.54) is 68.9 Å². The van der Waals surface area contributed by atoms with Gasteiger partial charge in [-0.3, -0.25) is 0 Å². The fraction of sp³-hybridized carbons (Fsp3) is 0.765. The van der Waals surface area contributed by atoms with Crippen molar-refractivity contribution in [2.75, 3.05) is 0 Å². The molecule has 1 aromatic rings. The van der Waals surface area contributed by atoms with Crippen molar-refractivity contribution in [2.24, 2.45) is 52.3 Å². The molecule has 0 aliphatic heterocycles. The van der Waals surface area contributed by atoms with E-state index in [-0.39, 0.29) is 6.10 Å². The Hall–Kier alpha value is -1.08. The van der Waals surface area contributed by atoms with E-state index in [4.69, 9.17) is 0 Å². The smallest absolute Gasteiger partial charge is 0.0756 e. The summed E-state index contributed by atoms with van der Waals surface area (Å²) in [7, 11) is 0. The Labute approximate surface area is 216 Å². The third-order valence-corrected chi connectivity index (χ3v) is 11.9. The zero-order valence-corrected chi connectivity index (χ0v) is 23.3. The highest BCUT2D eigenvalue weighted by Crippen LogP contribution is 2.68.